The molecule has 0 amide bonds. The zero-order chi connectivity index (χ0) is 28.2. The lowest BCUT2D eigenvalue weighted by Gasteiger charge is -2.14. The molecule has 4 aromatic heterocycles. The number of anilines is 2. The summed E-state index contributed by atoms with van der Waals surface area (Å²) < 4.78 is 31.3. The van der Waals surface area contributed by atoms with E-state index in [0.717, 1.165) is 33.5 Å². The van der Waals surface area contributed by atoms with Crippen molar-refractivity contribution in [2.24, 2.45) is 0 Å². The van der Waals surface area contributed by atoms with Crippen molar-refractivity contribution in [2.45, 2.75) is 19.9 Å². The van der Waals surface area contributed by atoms with E-state index in [4.69, 9.17) is 4.74 Å². The van der Waals surface area contributed by atoms with Crippen LogP contribution < -0.4 is 15.4 Å². The summed E-state index contributed by atoms with van der Waals surface area (Å²) in [4.78, 5) is 13.3. The Bertz CT molecular complexity index is 1850. The SMILES string of the molecule is Cc1cc(Nc2ncnc3ccc(-n4cccc4CNCCCS(=O)[O-])cc23)ccc1Oc1cc2nncn2cn1. The number of fused-ring (bicyclic) bond motifs is 2. The van der Waals surface area contributed by atoms with Gasteiger partial charge in [-0.3, -0.25) is 8.61 Å². The minimum atomic E-state index is -2.01. The first-order valence-electron chi connectivity index (χ1n) is 12.9. The fourth-order valence-corrected chi connectivity index (χ4v) is 4.88. The molecule has 0 aliphatic rings. The van der Waals surface area contributed by atoms with E-state index in [-0.39, 0.29) is 5.75 Å². The van der Waals surface area contributed by atoms with Crippen molar-refractivity contribution < 1.29 is 13.5 Å². The smallest absolute Gasteiger partial charge is 0.224 e. The Labute approximate surface area is 237 Å². The number of nitrogens with one attached hydrogen (secondary N) is 2. The molecule has 0 radical (unpaired) electrons. The topological polar surface area (TPSA) is 147 Å². The lowest BCUT2D eigenvalue weighted by atomic mass is 10.1. The minimum absolute atomic E-state index is 0.154. The molecule has 0 fully saturated rings. The monoisotopic (exact) mass is 568 g/mol. The first-order valence-corrected chi connectivity index (χ1v) is 14.2. The average molecular weight is 569 g/mol. The van der Waals surface area contributed by atoms with Crippen molar-refractivity contribution in [3.8, 4) is 17.3 Å². The molecule has 2 aromatic carbocycles. The van der Waals surface area contributed by atoms with Gasteiger partial charge in [0.25, 0.3) is 0 Å². The molecular weight excluding hydrogens is 542 g/mol. The van der Waals surface area contributed by atoms with E-state index in [1.807, 2.05) is 55.6 Å². The number of nitrogens with zero attached hydrogens (tertiary/aromatic N) is 7. The summed E-state index contributed by atoms with van der Waals surface area (Å²) in [7, 11) is 0. The van der Waals surface area contributed by atoms with E-state index in [9.17, 15) is 8.76 Å². The third-order valence-corrected chi connectivity index (χ3v) is 7.14. The summed E-state index contributed by atoms with van der Waals surface area (Å²) in [6, 6.07) is 17.6. The van der Waals surface area contributed by atoms with E-state index in [1.54, 1.807) is 29.4 Å². The summed E-state index contributed by atoms with van der Waals surface area (Å²) >= 11 is -2.01. The van der Waals surface area contributed by atoms with Crippen LogP contribution in [0.15, 0.2) is 79.8 Å². The number of hydrogen-bond donors (Lipinski definition) is 2. The van der Waals surface area contributed by atoms with Gasteiger partial charge in [-0.05, 0) is 74.0 Å². The van der Waals surface area contributed by atoms with Crippen molar-refractivity contribution in [1.29, 1.82) is 0 Å². The number of ether oxygens (including phenoxy) is 1. The van der Waals surface area contributed by atoms with Crippen molar-refractivity contribution in [3.63, 3.8) is 0 Å². The summed E-state index contributed by atoms with van der Waals surface area (Å²) in [6.07, 6.45) is 7.31. The molecule has 13 heteroatoms. The number of aryl methyl sites for hydroxylation is 1. The van der Waals surface area contributed by atoms with E-state index >= 15 is 0 Å². The maximum atomic E-state index is 10.7. The predicted octanol–water partition coefficient (Wildman–Crippen LogP) is 4.06. The molecule has 6 rings (SSSR count). The number of aromatic nitrogens is 7. The van der Waals surface area contributed by atoms with E-state index in [1.165, 1.54) is 0 Å². The highest BCUT2D eigenvalue weighted by molar-refractivity contribution is 7.79. The van der Waals surface area contributed by atoms with Gasteiger partial charge in [-0.25, -0.2) is 15.0 Å². The lowest BCUT2D eigenvalue weighted by molar-refractivity contribution is 0.458. The highest BCUT2D eigenvalue weighted by Gasteiger charge is 2.11. The Kier molecular flexibility index (Phi) is 7.63. The van der Waals surface area contributed by atoms with Gasteiger partial charge in [0.15, 0.2) is 5.65 Å². The minimum Gasteiger partial charge on any atom is -0.772 e. The van der Waals surface area contributed by atoms with E-state index < -0.39 is 11.1 Å². The molecule has 2 N–H and O–H groups in total. The fraction of sp³-hybridized carbons (Fsp3) is 0.179. The van der Waals surface area contributed by atoms with E-state index in [2.05, 4.69) is 46.4 Å². The van der Waals surface area contributed by atoms with E-state index in [0.29, 0.717) is 42.6 Å². The molecule has 41 heavy (non-hydrogen) atoms. The summed E-state index contributed by atoms with van der Waals surface area (Å²) in [5.41, 5.74) is 5.26. The first kappa shape index (κ1) is 26.5. The first-order chi connectivity index (χ1) is 20.0. The second-order valence-corrected chi connectivity index (χ2v) is 10.4. The van der Waals surface area contributed by atoms with Crippen LogP contribution in [0.2, 0.25) is 0 Å². The molecule has 4 heterocycles. The van der Waals surface area contributed by atoms with Crippen molar-refractivity contribution in [1.82, 2.24) is 39.4 Å². The molecule has 0 bridgehead atoms. The van der Waals surface area contributed by atoms with Gasteiger partial charge in [0.2, 0.25) is 5.88 Å². The second kappa shape index (κ2) is 11.8. The van der Waals surface area contributed by atoms with Gasteiger partial charge in [-0.2, -0.15) is 0 Å². The van der Waals surface area contributed by atoms with Crippen LogP contribution in [0.4, 0.5) is 11.5 Å². The molecule has 1 atom stereocenters. The van der Waals surface area contributed by atoms with Gasteiger partial charge in [-0.15, -0.1) is 10.2 Å². The summed E-state index contributed by atoms with van der Waals surface area (Å²) in [5, 5.41) is 15.5. The second-order valence-electron chi connectivity index (χ2n) is 9.36. The molecule has 0 saturated carbocycles. The molecule has 0 aliphatic carbocycles. The zero-order valence-electron chi connectivity index (χ0n) is 22.1. The van der Waals surface area contributed by atoms with Gasteiger partial charge in [0, 0.05) is 47.0 Å². The Hall–Kier alpha value is -4.72. The molecule has 6 aromatic rings. The van der Waals surface area contributed by atoms with Gasteiger partial charge in [-0.1, -0.05) is 11.1 Å². The molecule has 0 saturated heterocycles. The van der Waals surface area contributed by atoms with Crippen molar-refractivity contribution >= 4 is 39.1 Å². The van der Waals surface area contributed by atoms with Crippen LogP contribution in [0.1, 0.15) is 17.7 Å². The normalized spacial score (nSPS) is 12.1. The Morgan fingerprint density at radius 3 is 2.85 bits per heavy atom. The summed E-state index contributed by atoms with van der Waals surface area (Å²) in [5.74, 6) is 1.95. The molecular formula is C28H26N9O3S-. The third kappa shape index (κ3) is 6.06. The average Bonchev–Trinajstić information content (AvgIpc) is 3.64. The predicted molar refractivity (Wildman–Crippen MR) is 154 cm³/mol. The molecule has 0 spiro atoms. The lowest BCUT2D eigenvalue weighted by Crippen LogP contribution is -2.18. The largest absolute Gasteiger partial charge is 0.772 e. The maximum Gasteiger partial charge on any atom is 0.224 e. The van der Waals surface area contributed by atoms with Crippen LogP contribution in [-0.2, 0) is 17.6 Å². The Morgan fingerprint density at radius 1 is 1.05 bits per heavy atom. The van der Waals surface area contributed by atoms with Gasteiger partial charge in [0.05, 0.1) is 5.52 Å². The van der Waals surface area contributed by atoms with Crippen LogP contribution in [-0.4, -0.2) is 55.2 Å². The molecule has 208 valence electrons. The van der Waals surface area contributed by atoms with Crippen molar-refractivity contribution in [3.05, 3.63) is 91.0 Å². The van der Waals surface area contributed by atoms with Crippen LogP contribution in [0.5, 0.6) is 11.6 Å². The van der Waals surface area contributed by atoms with Crippen LogP contribution in [0.25, 0.3) is 22.2 Å². The Balaban J connectivity index is 1.20. The number of rotatable bonds is 11. The standard InChI is InChI=1S/C28H27N9O3S/c1-19-12-20(5-8-25(19)40-27-14-26-35-33-18-36(26)17-32-27)34-28-23-13-21(6-7-24(23)30-16-31-28)37-10-2-4-22(37)15-29-9-3-11-41(38)39/h2,4-8,10,12-14,16-18,29H,3,9,11,15H2,1H3,(H,38,39)(H,30,31,34)/p-1. The zero-order valence-corrected chi connectivity index (χ0v) is 22.9. The molecule has 0 aliphatic heterocycles. The molecule has 12 nitrogen and oxygen atoms in total. The quantitative estimate of drug-likeness (QED) is 0.173. The highest BCUT2D eigenvalue weighted by atomic mass is 32.2. The van der Waals surface area contributed by atoms with Gasteiger partial charge < -0.3 is 24.5 Å². The summed E-state index contributed by atoms with van der Waals surface area (Å²) in [6.45, 7) is 3.20. The van der Waals surface area contributed by atoms with Gasteiger partial charge >= 0.3 is 0 Å². The van der Waals surface area contributed by atoms with Crippen LogP contribution in [0, 0.1) is 6.92 Å². The fourth-order valence-electron chi connectivity index (χ4n) is 4.50. The maximum absolute atomic E-state index is 10.7. The molecule has 1 unspecified atom stereocenters. The number of hydrogen-bond acceptors (Lipinski definition) is 10. The van der Waals surface area contributed by atoms with Crippen LogP contribution >= 0.6 is 0 Å². The Morgan fingerprint density at radius 2 is 1.98 bits per heavy atom. The van der Waals surface area contributed by atoms with Crippen molar-refractivity contribution in [2.75, 3.05) is 17.6 Å². The highest BCUT2D eigenvalue weighted by Crippen LogP contribution is 2.30. The third-order valence-electron chi connectivity index (χ3n) is 6.52. The number of benzene rings is 2. The van der Waals surface area contributed by atoms with Crippen LogP contribution in [0.3, 0.4) is 0 Å². The van der Waals surface area contributed by atoms with Gasteiger partial charge in [0.1, 0.15) is 30.5 Å².